The van der Waals surface area contributed by atoms with Crippen molar-refractivity contribution in [3.05, 3.63) is 46.5 Å². The molecule has 2 rings (SSSR count). The Balaban J connectivity index is 1.96. The highest BCUT2D eigenvalue weighted by Gasteiger charge is 2.06. The van der Waals surface area contributed by atoms with Gasteiger partial charge in [0.05, 0.1) is 18.1 Å². The zero-order valence-electron chi connectivity index (χ0n) is 9.80. The van der Waals surface area contributed by atoms with Gasteiger partial charge in [-0.3, -0.25) is 4.79 Å². The van der Waals surface area contributed by atoms with Gasteiger partial charge in [0.25, 0.3) is 0 Å². The van der Waals surface area contributed by atoms with Gasteiger partial charge in [0, 0.05) is 11.1 Å². The average Bonchev–Trinajstić information content (AvgIpc) is 2.75. The van der Waals surface area contributed by atoms with Crippen LogP contribution < -0.4 is 5.32 Å². The quantitative estimate of drug-likeness (QED) is 0.918. The predicted molar refractivity (Wildman–Crippen MR) is 70.3 cm³/mol. The Morgan fingerprint density at radius 2 is 2.17 bits per heavy atom. The lowest BCUT2D eigenvalue weighted by atomic mass is 10.1. The number of amides is 1. The Kier molecular flexibility index (Phi) is 3.70. The Labute approximate surface area is 109 Å². The van der Waals surface area contributed by atoms with Gasteiger partial charge in [-0.25, -0.2) is 4.98 Å². The molecular formula is C13H11N3OS. The number of rotatable bonds is 3. The highest BCUT2D eigenvalue weighted by atomic mass is 32.1. The number of aromatic nitrogens is 1. The normalized spacial score (nSPS) is 9.78. The van der Waals surface area contributed by atoms with E-state index in [2.05, 4.69) is 10.3 Å². The molecule has 0 radical (unpaired) electrons. The van der Waals surface area contributed by atoms with Gasteiger partial charge in [-0.1, -0.05) is 12.1 Å². The first-order chi connectivity index (χ1) is 8.67. The second-order valence-electron chi connectivity index (χ2n) is 3.81. The van der Waals surface area contributed by atoms with Gasteiger partial charge in [-0.05, 0) is 24.6 Å². The first-order valence-electron chi connectivity index (χ1n) is 5.38. The summed E-state index contributed by atoms with van der Waals surface area (Å²) in [6.45, 7) is 1.94. The molecular weight excluding hydrogens is 246 g/mol. The molecule has 5 heteroatoms. The molecule has 1 aromatic carbocycles. The molecule has 4 nitrogen and oxygen atoms in total. The third-order valence-corrected chi connectivity index (χ3v) is 3.14. The van der Waals surface area contributed by atoms with Gasteiger partial charge in [0.2, 0.25) is 5.91 Å². The SMILES string of the molecule is Cc1cnc(NC(=O)Cc2ccc(C#N)cc2)s1. The summed E-state index contributed by atoms with van der Waals surface area (Å²) in [5.74, 6) is -0.103. The fraction of sp³-hybridized carbons (Fsp3) is 0.154. The van der Waals surface area contributed by atoms with Crippen LogP contribution in [-0.4, -0.2) is 10.9 Å². The molecule has 0 atom stereocenters. The molecule has 1 amide bonds. The van der Waals surface area contributed by atoms with E-state index < -0.39 is 0 Å². The first-order valence-corrected chi connectivity index (χ1v) is 6.20. The Hall–Kier alpha value is -2.19. The number of benzene rings is 1. The number of aryl methyl sites for hydroxylation is 1. The van der Waals surface area contributed by atoms with Gasteiger partial charge < -0.3 is 5.32 Å². The summed E-state index contributed by atoms with van der Waals surface area (Å²) in [7, 11) is 0. The minimum Gasteiger partial charge on any atom is -0.302 e. The van der Waals surface area contributed by atoms with Crippen LogP contribution in [0.1, 0.15) is 16.0 Å². The van der Waals surface area contributed by atoms with Crippen LogP contribution in [0.2, 0.25) is 0 Å². The number of thiazole rings is 1. The lowest BCUT2D eigenvalue weighted by Crippen LogP contribution is -2.14. The van der Waals surface area contributed by atoms with Crippen LogP contribution in [0.3, 0.4) is 0 Å². The molecule has 2 aromatic rings. The van der Waals surface area contributed by atoms with E-state index in [9.17, 15) is 4.79 Å². The predicted octanol–water partition coefficient (Wildman–Crippen LogP) is 2.50. The molecule has 0 bridgehead atoms. The molecule has 1 heterocycles. The van der Waals surface area contributed by atoms with Gasteiger partial charge in [-0.15, -0.1) is 11.3 Å². The molecule has 0 aliphatic heterocycles. The van der Waals surface area contributed by atoms with E-state index in [0.717, 1.165) is 10.4 Å². The van der Waals surface area contributed by atoms with Gasteiger partial charge in [0.1, 0.15) is 0 Å². The molecule has 0 spiro atoms. The van der Waals surface area contributed by atoms with Crippen molar-refractivity contribution in [1.29, 1.82) is 5.26 Å². The van der Waals surface area contributed by atoms with E-state index in [0.29, 0.717) is 10.7 Å². The summed E-state index contributed by atoms with van der Waals surface area (Å²) in [5.41, 5.74) is 1.47. The number of nitriles is 1. The summed E-state index contributed by atoms with van der Waals surface area (Å²) >= 11 is 1.45. The number of anilines is 1. The molecule has 1 N–H and O–H groups in total. The molecule has 90 valence electrons. The zero-order chi connectivity index (χ0) is 13.0. The fourth-order valence-electron chi connectivity index (χ4n) is 1.46. The minimum absolute atomic E-state index is 0.103. The van der Waals surface area contributed by atoms with Crippen molar-refractivity contribution in [2.45, 2.75) is 13.3 Å². The van der Waals surface area contributed by atoms with E-state index in [1.54, 1.807) is 30.5 Å². The van der Waals surface area contributed by atoms with E-state index in [4.69, 9.17) is 5.26 Å². The van der Waals surface area contributed by atoms with Crippen LogP contribution in [0.4, 0.5) is 5.13 Å². The van der Waals surface area contributed by atoms with Gasteiger partial charge >= 0.3 is 0 Å². The first kappa shape index (κ1) is 12.3. The van der Waals surface area contributed by atoms with Crippen molar-refractivity contribution in [2.24, 2.45) is 0 Å². The van der Waals surface area contributed by atoms with Crippen LogP contribution in [-0.2, 0) is 11.2 Å². The largest absolute Gasteiger partial charge is 0.302 e. The third kappa shape index (κ3) is 3.15. The molecule has 1 aromatic heterocycles. The van der Waals surface area contributed by atoms with Gasteiger partial charge in [-0.2, -0.15) is 5.26 Å². The van der Waals surface area contributed by atoms with Crippen LogP contribution in [0.25, 0.3) is 0 Å². The van der Waals surface area contributed by atoms with Crippen LogP contribution in [0, 0.1) is 18.3 Å². The van der Waals surface area contributed by atoms with Crippen molar-refractivity contribution in [2.75, 3.05) is 5.32 Å². The molecule has 0 saturated carbocycles. The van der Waals surface area contributed by atoms with E-state index in [1.165, 1.54) is 11.3 Å². The van der Waals surface area contributed by atoms with Crippen molar-refractivity contribution < 1.29 is 4.79 Å². The van der Waals surface area contributed by atoms with Crippen molar-refractivity contribution >= 4 is 22.4 Å². The summed E-state index contributed by atoms with van der Waals surface area (Å²) in [5, 5.41) is 12.0. The minimum atomic E-state index is -0.103. The highest BCUT2D eigenvalue weighted by molar-refractivity contribution is 7.15. The maximum Gasteiger partial charge on any atom is 0.230 e. The monoisotopic (exact) mass is 257 g/mol. The van der Waals surface area contributed by atoms with Crippen LogP contribution in [0.5, 0.6) is 0 Å². The summed E-state index contributed by atoms with van der Waals surface area (Å²) < 4.78 is 0. The van der Waals surface area contributed by atoms with Crippen LogP contribution in [0.15, 0.2) is 30.5 Å². The molecule has 0 saturated heterocycles. The zero-order valence-corrected chi connectivity index (χ0v) is 10.6. The number of nitrogens with zero attached hydrogens (tertiary/aromatic N) is 2. The lowest BCUT2D eigenvalue weighted by molar-refractivity contribution is -0.115. The number of carbonyl (C=O) groups excluding carboxylic acids is 1. The molecule has 0 unspecified atom stereocenters. The number of hydrogen-bond acceptors (Lipinski definition) is 4. The Bertz CT molecular complexity index is 595. The second kappa shape index (κ2) is 5.43. The fourth-order valence-corrected chi connectivity index (χ4v) is 2.14. The van der Waals surface area contributed by atoms with Gasteiger partial charge in [0.15, 0.2) is 5.13 Å². The summed E-state index contributed by atoms with van der Waals surface area (Å²) in [6.07, 6.45) is 2.01. The molecule has 0 aliphatic carbocycles. The lowest BCUT2D eigenvalue weighted by Gasteiger charge is -2.01. The molecule has 0 aliphatic rings. The van der Waals surface area contributed by atoms with Crippen molar-refractivity contribution in [3.63, 3.8) is 0 Å². The smallest absolute Gasteiger partial charge is 0.230 e. The van der Waals surface area contributed by atoms with Crippen molar-refractivity contribution in [3.8, 4) is 6.07 Å². The molecule has 18 heavy (non-hydrogen) atoms. The van der Waals surface area contributed by atoms with E-state index >= 15 is 0 Å². The molecule has 0 fully saturated rings. The highest BCUT2D eigenvalue weighted by Crippen LogP contribution is 2.16. The number of hydrogen-bond donors (Lipinski definition) is 1. The summed E-state index contributed by atoms with van der Waals surface area (Å²) in [4.78, 5) is 16.9. The average molecular weight is 257 g/mol. The third-order valence-electron chi connectivity index (χ3n) is 2.32. The Morgan fingerprint density at radius 3 is 2.72 bits per heavy atom. The van der Waals surface area contributed by atoms with Crippen LogP contribution >= 0.6 is 11.3 Å². The topological polar surface area (TPSA) is 65.8 Å². The Morgan fingerprint density at radius 1 is 1.44 bits per heavy atom. The second-order valence-corrected chi connectivity index (χ2v) is 5.04. The van der Waals surface area contributed by atoms with Crippen molar-refractivity contribution in [1.82, 2.24) is 4.98 Å². The standard InChI is InChI=1S/C13H11N3OS/c1-9-8-15-13(18-9)16-12(17)6-10-2-4-11(7-14)5-3-10/h2-5,8H,6H2,1H3,(H,15,16,17). The number of carbonyl (C=O) groups is 1. The van der Waals surface area contributed by atoms with E-state index in [1.807, 2.05) is 13.0 Å². The number of nitrogens with one attached hydrogen (secondary N) is 1. The maximum absolute atomic E-state index is 11.7. The maximum atomic E-state index is 11.7. The van der Waals surface area contributed by atoms with E-state index in [-0.39, 0.29) is 12.3 Å². The summed E-state index contributed by atoms with van der Waals surface area (Å²) in [6, 6.07) is 9.02.